The monoisotopic (exact) mass is 531 g/mol. The molecule has 1 aliphatic heterocycles. The fraction of sp³-hybridized carbons (Fsp3) is 0.200. The SMILES string of the molecule is O=C1C=C(OCc2ccccc2)C(O)(Cc2ccc(F)cc2)N1CCCNc1ccnc2cc(Cl)ccc12. The summed E-state index contributed by atoms with van der Waals surface area (Å²) in [6.45, 7) is 1.05. The number of amides is 1. The van der Waals surface area contributed by atoms with Gasteiger partial charge in [0.2, 0.25) is 5.72 Å². The van der Waals surface area contributed by atoms with Crippen molar-refractivity contribution in [2.24, 2.45) is 0 Å². The maximum Gasteiger partial charge on any atom is 0.252 e. The largest absolute Gasteiger partial charge is 0.488 e. The number of ether oxygens (including phenoxy) is 1. The van der Waals surface area contributed by atoms with Gasteiger partial charge in [0.25, 0.3) is 5.91 Å². The first kappa shape index (κ1) is 25.7. The average Bonchev–Trinajstić information content (AvgIpc) is 3.15. The molecule has 38 heavy (non-hydrogen) atoms. The quantitative estimate of drug-likeness (QED) is 0.257. The van der Waals surface area contributed by atoms with Crippen LogP contribution in [0, 0.1) is 5.82 Å². The molecule has 1 atom stereocenters. The van der Waals surface area contributed by atoms with Crippen LogP contribution in [0.1, 0.15) is 17.5 Å². The van der Waals surface area contributed by atoms with Crippen LogP contribution in [-0.2, 0) is 22.6 Å². The lowest BCUT2D eigenvalue weighted by Gasteiger charge is -2.36. The number of nitrogens with zero attached hydrogens (tertiary/aromatic N) is 2. The normalized spacial score (nSPS) is 17.1. The van der Waals surface area contributed by atoms with E-state index in [-0.39, 0.29) is 37.1 Å². The van der Waals surface area contributed by atoms with Crippen molar-refractivity contribution in [1.29, 1.82) is 0 Å². The maximum atomic E-state index is 13.5. The molecule has 1 unspecified atom stereocenters. The van der Waals surface area contributed by atoms with E-state index in [9.17, 15) is 14.3 Å². The number of carbonyl (C=O) groups excluding carboxylic acids is 1. The third-order valence-electron chi connectivity index (χ3n) is 6.54. The second-order valence-electron chi connectivity index (χ2n) is 9.19. The summed E-state index contributed by atoms with van der Waals surface area (Å²) >= 11 is 6.09. The molecule has 0 spiro atoms. The van der Waals surface area contributed by atoms with Gasteiger partial charge >= 0.3 is 0 Å². The number of fused-ring (bicyclic) bond motifs is 1. The minimum absolute atomic E-state index is 0.0722. The molecule has 1 amide bonds. The molecule has 6 nitrogen and oxygen atoms in total. The Balaban J connectivity index is 1.29. The van der Waals surface area contributed by atoms with Gasteiger partial charge in [-0.1, -0.05) is 54.1 Å². The highest BCUT2D eigenvalue weighted by atomic mass is 35.5. The zero-order valence-electron chi connectivity index (χ0n) is 20.6. The van der Waals surface area contributed by atoms with Crippen LogP contribution in [-0.4, -0.2) is 39.7 Å². The second-order valence-corrected chi connectivity index (χ2v) is 9.63. The standard InChI is InChI=1S/C30H27ClFN3O3/c31-23-9-12-25-26(13-15-34-27(25)17-23)33-14-4-16-35-29(36)18-28(38-20-22-5-2-1-3-6-22)30(35,37)19-21-7-10-24(32)11-8-21/h1-3,5-13,15,17-18,37H,4,14,16,19-20H2,(H,33,34). The highest BCUT2D eigenvalue weighted by molar-refractivity contribution is 6.31. The van der Waals surface area contributed by atoms with Gasteiger partial charge in [0.1, 0.15) is 12.4 Å². The molecule has 0 saturated carbocycles. The Kier molecular flexibility index (Phi) is 7.58. The number of aromatic nitrogens is 1. The zero-order valence-corrected chi connectivity index (χ0v) is 21.4. The van der Waals surface area contributed by atoms with Crippen molar-refractivity contribution >= 4 is 34.1 Å². The number of rotatable bonds is 10. The minimum atomic E-state index is -1.69. The second kappa shape index (κ2) is 11.2. The van der Waals surface area contributed by atoms with E-state index in [1.54, 1.807) is 18.3 Å². The van der Waals surface area contributed by atoms with E-state index in [2.05, 4.69) is 10.3 Å². The summed E-state index contributed by atoms with van der Waals surface area (Å²) in [7, 11) is 0. The number of nitrogens with one attached hydrogen (secondary N) is 1. The third-order valence-corrected chi connectivity index (χ3v) is 6.78. The van der Waals surface area contributed by atoms with Crippen LogP contribution in [0.3, 0.4) is 0 Å². The Morgan fingerprint density at radius 3 is 2.61 bits per heavy atom. The van der Waals surface area contributed by atoms with Crippen LogP contribution in [0.25, 0.3) is 10.9 Å². The van der Waals surface area contributed by atoms with Gasteiger partial charge in [-0.05, 0) is 53.9 Å². The van der Waals surface area contributed by atoms with Crippen LogP contribution in [0.15, 0.2) is 96.9 Å². The smallest absolute Gasteiger partial charge is 0.252 e. The fourth-order valence-electron chi connectivity index (χ4n) is 4.61. The summed E-state index contributed by atoms with van der Waals surface area (Å²) < 4.78 is 19.5. The first-order valence-corrected chi connectivity index (χ1v) is 12.8. The number of pyridine rings is 1. The Morgan fingerprint density at radius 2 is 1.82 bits per heavy atom. The van der Waals surface area contributed by atoms with E-state index >= 15 is 0 Å². The maximum absolute atomic E-state index is 13.5. The third kappa shape index (κ3) is 5.64. The van der Waals surface area contributed by atoms with Crippen LogP contribution in [0.2, 0.25) is 5.02 Å². The van der Waals surface area contributed by atoms with Gasteiger partial charge in [-0.3, -0.25) is 9.78 Å². The molecule has 0 aliphatic carbocycles. The van der Waals surface area contributed by atoms with Gasteiger partial charge in [0, 0.05) is 47.9 Å². The van der Waals surface area contributed by atoms with Crippen molar-refractivity contribution in [2.45, 2.75) is 25.2 Å². The number of carbonyl (C=O) groups is 1. The molecule has 0 fully saturated rings. The number of benzene rings is 3. The molecule has 194 valence electrons. The topological polar surface area (TPSA) is 74.7 Å². The molecule has 2 N–H and O–H groups in total. The van der Waals surface area contributed by atoms with Crippen molar-refractivity contribution in [3.63, 3.8) is 0 Å². The highest BCUT2D eigenvalue weighted by Crippen LogP contribution is 2.34. The van der Waals surface area contributed by atoms with Crippen molar-refractivity contribution in [1.82, 2.24) is 9.88 Å². The summed E-state index contributed by atoms with van der Waals surface area (Å²) in [5.41, 5.74) is 1.60. The lowest BCUT2D eigenvalue weighted by Crippen LogP contribution is -2.51. The van der Waals surface area contributed by atoms with Crippen LogP contribution >= 0.6 is 11.6 Å². The summed E-state index contributed by atoms with van der Waals surface area (Å²) in [4.78, 5) is 18.8. The summed E-state index contributed by atoms with van der Waals surface area (Å²) in [6.07, 6.45) is 3.70. The van der Waals surface area contributed by atoms with Crippen LogP contribution in [0.5, 0.6) is 0 Å². The van der Waals surface area contributed by atoms with Gasteiger partial charge in [-0.25, -0.2) is 4.39 Å². The molecule has 2 heterocycles. The molecular formula is C30H27ClFN3O3. The molecule has 0 saturated heterocycles. The first-order valence-electron chi connectivity index (χ1n) is 12.4. The number of halogens is 2. The molecule has 0 radical (unpaired) electrons. The van der Waals surface area contributed by atoms with Crippen molar-refractivity contribution in [2.75, 3.05) is 18.4 Å². The highest BCUT2D eigenvalue weighted by Gasteiger charge is 2.47. The first-order chi connectivity index (χ1) is 18.4. The van der Waals surface area contributed by atoms with Gasteiger partial charge < -0.3 is 20.1 Å². The summed E-state index contributed by atoms with van der Waals surface area (Å²) in [5.74, 6) is -0.518. The molecule has 3 aromatic carbocycles. The number of anilines is 1. The van der Waals surface area contributed by atoms with Crippen molar-refractivity contribution in [3.8, 4) is 0 Å². The molecule has 8 heteroatoms. The molecule has 1 aliphatic rings. The Morgan fingerprint density at radius 1 is 1.03 bits per heavy atom. The van der Waals surface area contributed by atoms with Crippen LogP contribution < -0.4 is 5.32 Å². The predicted octanol–water partition coefficient (Wildman–Crippen LogP) is 5.70. The summed E-state index contributed by atoms with van der Waals surface area (Å²) in [6, 6.07) is 22.8. The van der Waals surface area contributed by atoms with E-state index in [1.165, 1.54) is 23.1 Å². The van der Waals surface area contributed by atoms with Gasteiger partial charge in [-0.2, -0.15) is 0 Å². The van der Waals surface area contributed by atoms with Crippen molar-refractivity contribution < 1.29 is 19.0 Å². The van der Waals surface area contributed by atoms with E-state index < -0.39 is 5.72 Å². The molecule has 4 aromatic rings. The number of hydrogen-bond acceptors (Lipinski definition) is 5. The van der Waals surface area contributed by atoms with E-state index in [0.29, 0.717) is 23.6 Å². The van der Waals surface area contributed by atoms with Gasteiger partial charge in [0.15, 0.2) is 5.76 Å². The molecule has 1 aromatic heterocycles. The van der Waals surface area contributed by atoms with Gasteiger partial charge in [0.05, 0.1) is 5.52 Å². The number of hydrogen-bond donors (Lipinski definition) is 2. The Labute approximate surface area is 225 Å². The van der Waals surface area contributed by atoms with E-state index in [4.69, 9.17) is 16.3 Å². The average molecular weight is 532 g/mol. The van der Waals surface area contributed by atoms with Gasteiger partial charge in [-0.15, -0.1) is 0 Å². The Hall–Kier alpha value is -3.94. The molecular weight excluding hydrogens is 505 g/mol. The Bertz CT molecular complexity index is 1460. The van der Waals surface area contributed by atoms with E-state index in [1.807, 2.05) is 54.6 Å². The minimum Gasteiger partial charge on any atom is -0.488 e. The molecule has 0 bridgehead atoms. The van der Waals surface area contributed by atoms with Crippen molar-refractivity contribution in [3.05, 3.63) is 119 Å². The number of aliphatic hydroxyl groups is 1. The lowest BCUT2D eigenvalue weighted by molar-refractivity contribution is -0.147. The lowest BCUT2D eigenvalue weighted by atomic mass is 10.0. The summed E-state index contributed by atoms with van der Waals surface area (Å²) in [5, 5.41) is 16.8. The predicted molar refractivity (Wildman–Crippen MR) is 146 cm³/mol. The zero-order chi connectivity index (χ0) is 26.5. The fourth-order valence-corrected chi connectivity index (χ4v) is 4.78. The molecule has 5 rings (SSSR count). The van der Waals surface area contributed by atoms with E-state index in [0.717, 1.165) is 22.2 Å². The van der Waals surface area contributed by atoms with Crippen LogP contribution in [0.4, 0.5) is 10.1 Å².